The minimum absolute atomic E-state index is 0.0146. The van der Waals surface area contributed by atoms with Crippen molar-refractivity contribution in [3.05, 3.63) is 86.2 Å². The Morgan fingerprint density at radius 1 is 1.11 bits per heavy atom. The van der Waals surface area contributed by atoms with E-state index >= 15 is 0 Å². The van der Waals surface area contributed by atoms with Crippen LogP contribution >= 0.6 is 11.3 Å². The SMILES string of the molecule is CCc1ccc(CN(Cc2cccnc2)C(=O)CCn2c(C)csc2=O)cc1. The topological polar surface area (TPSA) is 55.2 Å². The monoisotopic (exact) mass is 395 g/mol. The number of pyridine rings is 1. The highest BCUT2D eigenvalue weighted by atomic mass is 32.1. The van der Waals surface area contributed by atoms with Crippen LogP contribution in [0.15, 0.2) is 59.0 Å². The maximum Gasteiger partial charge on any atom is 0.307 e. The molecule has 1 aromatic carbocycles. The van der Waals surface area contributed by atoms with E-state index in [4.69, 9.17) is 0 Å². The fourth-order valence-corrected chi connectivity index (χ4v) is 3.85. The lowest BCUT2D eigenvalue weighted by Crippen LogP contribution is -2.31. The summed E-state index contributed by atoms with van der Waals surface area (Å²) in [6.45, 7) is 5.47. The molecule has 5 nitrogen and oxygen atoms in total. The zero-order valence-electron chi connectivity index (χ0n) is 16.3. The number of amides is 1. The van der Waals surface area contributed by atoms with Crippen molar-refractivity contribution >= 4 is 17.2 Å². The van der Waals surface area contributed by atoms with Gasteiger partial charge >= 0.3 is 4.87 Å². The summed E-state index contributed by atoms with van der Waals surface area (Å²) in [7, 11) is 0. The predicted octanol–water partition coefficient (Wildman–Crippen LogP) is 3.79. The highest BCUT2D eigenvalue weighted by molar-refractivity contribution is 7.07. The number of hydrogen-bond acceptors (Lipinski definition) is 4. The molecule has 0 spiro atoms. The molecule has 0 saturated carbocycles. The molecule has 2 aromatic heterocycles. The average molecular weight is 396 g/mol. The molecule has 0 radical (unpaired) electrons. The normalized spacial score (nSPS) is 10.8. The summed E-state index contributed by atoms with van der Waals surface area (Å²) < 4.78 is 1.67. The van der Waals surface area contributed by atoms with E-state index in [1.165, 1.54) is 16.9 Å². The Morgan fingerprint density at radius 3 is 2.43 bits per heavy atom. The summed E-state index contributed by atoms with van der Waals surface area (Å²) in [5.74, 6) is 0.0286. The molecule has 0 N–H and O–H groups in total. The summed E-state index contributed by atoms with van der Waals surface area (Å²) in [5.41, 5.74) is 4.26. The highest BCUT2D eigenvalue weighted by Crippen LogP contribution is 2.13. The van der Waals surface area contributed by atoms with Gasteiger partial charge in [-0.3, -0.25) is 14.6 Å². The summed E-state index contributed by atoms with van der Waals surface area (Å²) in [6, 6.07) is 12.2. The van der Waals surface area contributed by atoms with E-state index in [-0.39, 0.29) is 10.8 Å². The smallest absolute Gasteiger partial charge is 0.307 e. The molecule has 0 aliphatic rings. The summed E-state index contributed by atoms with van der Waals surface area (Å²) in [4.78, 5) is 30.9. The first-order chi connectivity index (χ1) is 13.6. The van der Waals surface area contributed by atoms with Crippen molar-refractivity contribution in [1.82, 2.24) is 14.5 Å². The van der Waals surface area contributed by atoms with Gasteiger partial charge in [-0.15, -0.1) is 0 Å². The molecular weight excluding hydrogens is 370 g/mol. The molecule has 0 aliphatic heterocycles. The third kappa shape index (κ3) is 5.16. The van der Waals surface area contributed by atoms with Gasteiger partial charge in [-0.25, -0.2) is 0 Å². The molecular formula is C22H25N3O2S. The van der Waals surface area contributed by atoms with E-state index in [1.807, 2.05) is 29.3 Å². The van der Waals surface area contributed by atoms with Gasteiger partial charge in [0.05, 0.1) is 0 Å². The van der Waals surface area contributed by atoms with Gasteiger partial charge in [0.25, 0.3) is 0 Å². The fraction of sp³-hybridized carbons (Fsp3) is 0.318. The number of carbonyl (C=O) groups excluding carboxylic acids is 1. The Balaban J connectivity index is 1.74. The molecule has 6 heteroatoms. The molecule has 3 rings (SSSR count). The van der Waals surface area contributed by atoms with Gasteiger partial charge < -0.3 is 9.47 Å². The van der Waals surface area contributed by atoms with Crippen molar-refractivity contribution < 1.29 is 4.79 Å². The second-order valence-corrected chi connectivity index (χ2v) is 7.65. The standard InChI is InChI=1S/C22H25N3O2S/c1-3-18-6-8-19(9-7-18)14-24(15-20-5-4-11-23-13-20)21(26)10-12-25-17(2)16-28-22(25)27/h4-9,11,13,16H,3,10,12,14-15H2,1-2H3. The van der Waals surface area contributed by atoms with Gasteiger partial charge in [-0.05, 0) is 36.1 Å². The third-order valence-electron chi connectivity index (χ3n) is 4.78. The van der Waals surface area contributed by atoms with E-state index in [1.54, 1.807) is 17.0 Å². The number of rotatable bonds is 8. The Kier molecular flexibility index (Phi) is 6.76. The van der Waals surface area contributed by atoms with Crippen molar-refractivity contribution in [3.63, 3.8) is 0 Å². The summed E-state index contributed by atoms with van der Waals surface area (Å²) >= 11 is 1.17. The molecule has 0 unspecified atom stereocenters. The summed E-state index contributed by atoms with van der Waals surface area (Å²) in [5, 5.41) is 1.83. The maximum absolute atomic E-state index is 13.0. The first kappa shape index (κ1) is 20.0. The van der Waals surface area contributed by atoms with Crippen molar-refractivity contribution in [2.45, 2.75) is 46.3 Å². The van der Waals surface area contributed by atoms with Gasteiger partial charge in [0, 0.05) is 49.5 Å². The first-order valence-corrected chi connectivity index (χ1v) is 10.3. The zero-order chi connectivity index (χ0) is 19.9. The largest absolute Gasteiger partial charge is 0.334 e. The number of carbonyl (C=O) groups is 1. The third-order valence-corrected chi connectivity index (χ3v) is 5.66. The second kappa shape index (κ2) is 9.46. The molecule has 1 amide bonds. The van der Waals surface area contributed by atoms with E-state index in [0.717, 1.165) is 23.2 Å². The van der Waals surface area contributed by atoms with Crippen LogP contribution in [0, 0.1) is 6.92 Å². The number of aryl methyl sites for hydroxylation is 2. The number of aromatic nitrogens is 2. The fourth-order valence-electron chi connectivity index (χ4n) is 3.09. The molecule has 0 saturated heterocycles. The van der Waals surface area contributed by atoms with E-state index in [0.29, 0.717) is 26.1 Å². The van der Waals surface area contributed by atoms with Crippen LogP contribution in [0.3, 0.4) is 0 Å². The second-order valence-electron chi connectivity index (χ2n) is 6.83. The van der Waals surface area contributed by atoms with Gasteiger partial charge in [-0.1, -0.05) is 48.6 Å². The minimum atomic E-state index is -0.0146. The average Bonchev–Trinajstić information content (AvgIpc) is 3.04. The molecule has 146 valence electrons. The van der Waals surface area contributed by atoms with Gasteiger partial charge in [0.2, 0.25) is 5.91 Å². The van der Waals surface area contributed by atoms with E-state index in [2.05, 4.69) is 36.2 Å². The molecule has 0 atom stereocenters. The van der Waals surface area contributed by atoms with Crippen LogP contribution in [0.2, 0.25) is 0 Å². The quantitative estimate of drug-likeness (QED) is 0.583. The Labute approximate surface area is 169 Å². The highest BCUT2D eigenvalue weighted by Gasteiger charge is 2.16. The molecule has 0 bridgehead atoms. The van der Waals surface area contributed by atoms with Crippen molar-refractivity contribution in [3.8, 4) is 0 Å². The van der Waals surface area contributed by atoms with E-state index in [9.17, 15) is 9.59 Å². The van der Waals surface area contributed by atoms with Crippen LogP contribution in [0.25, 0.3) is 0 Å². The zero-order valence-corrected chi connectivity index (χ0v) is 17.1. The van der Waals surface area contributed by atoms with Crippen molar-refractivity contribution in [2.75, 3.05) is 0 Å². The number of nitrogens with zero attached hydrogens (tertiary/aromatic N) is 3. The Morgan fingerprint density at radius 2 is 1.82 bits per heavy atom. The lowest BCUT2D eigenvalue weighted by atomic mass is 10.1. The predicted molar refractivity (Wildman–Crippen MR) is 112 cm³/mol. The Hall–Kier alpha value is -2.73. The van der Waals surface area contributed by atoms with Gasteiger partial charge in [0.1, 0.15) is 0 Å². The van der Waals surface area contributed by atoms with Crippen LogP contribution in [-0.2, 0) is 30.8 Å². The van der Waals surface area contributed by atoms with Gasteiger partial charge in [0.15, 0.2) is 0 Å². The minimum Gasteiger partial charge on any atom is -0.334 e. The number of hydrogen-bond donors (Lipinski definition) is 0. The van der Waals surface area contributed by atoms with Crippen LogP contribution in [0.5, 0.6) is 0 Å². The molecule has 3 aromatic rings. The van der Waals surface area contributed by atoms with Crippen molar-refractivity contribution in [1.29, 1.82) is 0 Å². The first-order valence-electron chi connectivity index (χ1n) is 9.46. The lowest BCUT2D eigenvalue weighted by Gasteiger charge is -2.23. The van der Waals surface area contributed by atoms with Crippen molar-refractivity contribution in [2.24, 2.45) is 0 Å². The molecule has 2 heterocycles. The molecule has 0 aliphatic carbocycles. The molecule has 0 fully saturated rings. The summed E-state index contributed by atoms with van der Waals surface area (Å²) in [6.07, 6.45) is 4.80. The van der Waals surface area contributed by atoms with Crippen LogP contribution in [0.4, 0.5) is 0 Å². The lowest BCUT2D eigenvalue weighted by molar-refractivity contribution is -0.132. The van der Waals surface area contributed by atoms with Gasteiger partial charge in [-0.2, -0.15) is 0 Å². The number of benzene rings is 1. The maximum atomic E-state index is 13.0. The Bertz CT molecular complexity index is 961. The van der Waals surface area contributed by atoms with Crippen LogP contribution < -0.4 is 4.87 Å². The van der Waals surface area contributed by atoms with Crippen LogP contribution in [-0.4, -0.2) is 20.4 Å². The van der Waals surface area contributed by atoms with E-state index < -0.39 is 0 Å². The number of thiazole rings is 1. The molecule has 28 heavy (non-hydrogen) atoms. The van der Waals surface area contributed by atoms with Crippen LogP contribution in [0.1, 0.15) is 35.7 Å².